The number of alkyl halides is 3. The third-order valence-electron chi connectivity index (χ3n) is 4.56. The molecule has 0 atom stereocenters. The Morgan fingerprint density at radius 1 is 1.34 bits per heavy atom. The van der Waals surface area contributed by atoms with E-state index in [0.29, 0.717) is 30.2 Å². The van der Waals surface area contributed by atoms with Gasteiger partial charge in [0, 0.05) is 31.8 Å². The average Bonchev–Trinajstić information content (AvgIpc) is 3.05. The molecular formula is C19H18F3N5O2. The Morgan fingerprint density at radius 3 is 2.93 bits per heavy atom. The Morgan fingerprint density at radius 2 is 2.17 bits per heavy atom. The number of anilines is 1. The van der Waals surface area contributed by atoms with Gasteiger partial charge in [0.25, 0.3) is 5.91 Å². The van der Waals surface area contributed by atoms with Gasteiger partial charge in [-0.3, -0.25) is 4.79 Å². The van der Waals surface area contributed by atoms with Crippen molar-refractivity contribution in [2.45, 2.75) is 26.1 Å². The zero-order valence-corrected chi connectivity index (χ0v) is 15.5. The number of carbonyl (C=O) groups is 1. The quantitative estimate of drug-likeness (QED) is 0.698. The maximum atomic E-state index is 12.9. The number of ether oxygens (including phenoxy) is 1. The van der Waals surface area contributed by atoms with Crippen molar-refractivity contribution < 1.29 is 22.7 Å². The first kappa shape index (κ1) is 19.2. The maximum Gasteiger partial charge on any atom is 0.433 e. The van der Waals surface area contributed by atoms with Crippen LogP contribution in [0.1, 0.15) is 34.5 Å². The number of imidazole rings is 1. The molecule has 0 aromatic carbocycles. The van der Waals surface area contributed by atoms with Crippen LogP contribution in [0.25, 0.3) is 5.65 Å². The summed E-state index contributed by atoms with van der Waals surface area (Å²) in [6.45, 7) is 3.61. The molecule has 3 aromatic heterocycles. The normalized spacial score (nSPS) is 13.9. The standard InChI is InChI=1S/C19H18F3N5O2/c1-2-29-15-8-17-25-11-6-7-23-9-14(11)27(17)10-13(15)26-18(28)12-4-3-5-16(24-12)19(20,21)22/h3-5,8,10,23H,2,6-7,9H2,1H3,(H,26,28). The lowest BCUT2D eigenvalue weighted by Crippen LogP contribution is -2.24. The maximum absolute atomic E-state index is 12.9. The molecule has 0 spiro atoms. The fraction of sp³-hybridized carbons (Fsp3) is 0.316. The number of amides is 1. The minimum absolute atomic E-state index is 0.328. The van der Waals surface area contributed by atoms with Crippen molar-refractivity contribution in [2.75, 3.05) is 18.5 Å². The summed E-state index contributed by atoms with van der Waals surface area (Å²) in [5, 5.41) is 5.89. The van der Waals surface area contributed by atoms with Crippen molar-refractivity contribution in [3.63, 3.8) is 0 Å². The van der Waals surface area contributed by atoms with E-state index in [1.165, 1.54) is 6.07 Å². The lowest BCUT2D eigenvalue weighted by molar-refractivity contribution is -0.141. The van der Waals surface area contributed by atoms with E-state index >= 15 is 0 Å². The summed E-state index contributed by atoms with van der Waals surface area (Å²) in [6.07, 6.45) is -2.17. The highest BCUT2D eigenvalue weighted by molar-refractivity contribution is 6.03. The van der Waals surface area contributed by atoms with Crippen LogP contribution < -0.4 is 15.4 Å². The van der Waals surface area contributed by atoms with Crippen LogP contribution in [0.15, 0.2) is 30.5 Å². The van der Waals surface area contributed by atoms with Gasteiger partial charge in [0.05, 0.1) is 18.0 Å². The van der Waals surface area contributed by atoms with Crippen LogP contribution in [0.2, 0.25) is 0 Å². The van der Waals surface area contributed by atoms with Crippen molar-refractivity contribution in [3.05, 3.63) is 53.2 Å². The molecule has 0 radical (unpaired) electrons. The van der Waals surface area contributed by atoms with E-state index < -0.39 is 17.8 Å². The Hall–Kier alpha value is -3.14. The predicted molar refractivity (Wildman–Crippen MR) is 99.0 cm³/mol. The van der Waals surface area contributed by atoms with Crippen molar-refractivity contribution in [3.8, 4) is 5.75 Å². The third kappa shape index (κ3) is 3.75. The first-order valence-corrected chi connectivity index (χ1v) is 9.10. The minimum atomic E-state index is -4.63. The zero-order valence-electron chi connectivity index (χ0n) is 15.5. The van der Waals surface area contributed by atoms with Gasteiger partial charge in [-0.25, -0.2) is 9.97 Å². The Balaban J connectivity index is 1.71. The number of hydrogen-bond acceptors (Lipinski definition) is 5. The molecule has 3 aromatic rings. The summed E-state index contributed by atoms with van der Waals surface area (Å²) in [6, 6.07) is 4.90. The second kappa shape index (κ2) is 7.36. The molecule has 7 nitrogen and oxygen atoms in total. The molecule has 152 valence electrons. The summed E-state index contributed by atoms with van der Waals surface area (Å²) >= 11 is 0. The fourth-order valence-corrected chi connectivity index (χ4v) is 3.24. The Bertz CT molecular complexity index is 1080. The van der Waals surface area contributed by atoms with Gasteiger partial charge in [-0.1, -0.05) is 6.07 Å². The van der Waals surface area contributed by atoms with Gasteiger partial charge >= 0.3 is 6.18 Å². The van der Waals surface area contributed by atoms with Gasteiger partial charge in [-0.15, -0.1) is 0 Å². The number of nitrogens with zero attached hydrogens (tertiary/aromatic N) is 3. The largest absolute Gasteiger partial charge is 0.491 e. The Labute approximate surface area is 163 Å². The molecule has 10 heteroatoms. The highest BCUT2D eigenvalue weighted by atomic mass is 19.4. The summed E-state index contributed by atoms with van der Waals surface area (Å²) in [4.78, 5) is 20.6. The molecule has 4 heterocycles. The van der Waals surface area contributed by atoms with E-state index in [-0.39, 0.29) is 5.69 Å². The van der Waals surface area contributed by atoms with Crippen molar-refractivity contribution in [1.29, 1.82) is 0 Å². The monoisotopic (exact) mass is 405 g/mol. The number of nitrogens with one attached hydrogen (secondary N) is 2. The number of halogens is 3. The van der Waals surface area contributed by atoms with Crippen LogP contribution in [-0.4, -0.2) is 33.4 Å². The summed E-state index contributed by atoms with van der Waals surface area (Å²) < 4.78 is 46.1. The zero-order chi connectivity index (χ0) is 20.6. The summed E-state index contributed by atoms with van der Waals surface area (Å²) in [5.74, 6) is -0.376. The third-order valence-corrected chi connectivity index (χ3v) is 4.56. The molecule has 0 fully saturated rings. The molecule has 29 heavy (non-hydrogen) atoms. The first-order chi connectivity index (χ1) is 13.9. The highest BCUT2D eigenvalue weighted by Gasteiger charge is 2.33. The number of aromatic nitrogens is 3. The van der Waals surface area contributed by atoms with Crippen LogP contribution in [0.4, 0.5) is 18.9 Å². The van der Waals surface area contributed by atoms with Crippen molar-refractivity contribution in [2.24, 2.45) is 0 Å². The average molecular weight is 405 g/mol. The smallest absolute Gasteiger partial charge is 0.433 e. The molecule has 2 N–H and O–H groups in total. The second-order valence-electron chi connectivity index (χ2n) is 6.50. The number of fused-ring (bicyclic) bond motifs is 3. The molecule has 0 aliphatic carbocycles. The topological polar surface area (TPSA) is 80.6 Å². The second-order valence-corrected chi connectivity index (χ2v) is 6.50. The molecule has 1 aliphatic heterocycles. The highest BCUT2D eigenvalue weighted by Crippen LogP contribution is 2.30. The SMILES string of the molecule is CCOc1cc2nc3c(n2cc1NC(=O)c1cccc(C(F)(F)F)n1)CNCC3. The van der Waals surface area contributed by atoms with E-state index in [1.807, 2.05) is 4.40 Å². The first-order valence-electron chi connectivity index (χ1n) is 9.10. The van der Waals surface area contributed by atoms with Crippen LogP contribution in [-0.2, 0) is 19.1 Å². The van der Waals surface area contributed by atoms with Crippen molar-refractivity contribution >= 4 is 17.2 Å². The van der Waals surface area contributed by atoms with Crippen LogP contribution in [0.3, 0.4) is 0 Å². The van der Waals surface area contributed by atoms with Crippen LogP contribution in [0, 0.1) is 0 Å². The molecule has 1 amide bonds. The van der Waals surface area contributed by atoms with E-state index in [4.69, 9.17) is 4.74 Å². The lowest BCUT2D eigenvalue weighted by Gasteiger charge is -2.15. The van der Waals surface area contributed by atoms with Crippen LogP contribution in [0.5, 0.6) is 5.75 Å². The van der Waals surface area contributed by atoms with Gasteiger partial charge in [-0.2, -0.15) is 13.2 Å². The predicted octanol–water partition coefficient (Wildman–Crippen LogP) is 3.04. The summed E-state index contributed by atoms with van der Waals surface area (Å²) in [5.41, 5.74) is 1.49. The van der Waals surface area contributed by atoms with Gasteiger partial charge in [0.2, 0.25) is 0 Å². The van der Waals surface area contributed by atoms with Crippen LogP contribution >= 0.6 is 0 Å². The van der Waals surface area contributed by atoms with E-state index in [0.717, 1.165) is 36.5 Å². The van der Waals surface area contributed by atoms with Gasteiger partial charge in [0.15, 0.2) is 0 Å². The van der Waals surface area contributed by atoms with E-state index in [1.54, 1.807) is 19.2 Å². The molecule has 0 saturated carbocycles. The number of carbonyl (C=O) groups excluding carboxylic acids is 1. The molecule has 0 unspecified atom stereocenters. The molecule has 4 rings (SSSR count). The lowest BCUT2D eigenvalue weighted by atomic mass is 10.2. The molecule has 0 bridgehead atoms. The Kier molecular flexibility index (Phi) is 4.87. The minimum Gasteiger partial charge on any atom is -0.491 e. The van der Waals surface area contributed by atoms with E-state index in [9.17, 15) is 18.0 Å². The number of pyridine rings is 2. The molecule has 1 aliphatic rings. The fourth-order valence-electron chi connectivity index (χ4n) is 3.24. The van der Waals surface area contributed by atoms with Crippen molar-refractivity contribution in [1.82, 2.24) is 19.7 Å². The number of hydrogen-bond donors (Lipinski definition) is 2. The van der Waals surface area contributed by atoms with E-state index in [2.05, 4.69) is 20.6 Å². The van der Waals surface area contributed by atoms with Gasteiger partial charge < -0.3 is 19.8 Å². The van der Waals surface area contributed by atoms with Gasteiger partial charge in [-0.05, 0) is 19.1 Å². The molecular weight excluding hydrogens is 387 g/mol. The molecule has 0 saturated heterocycles. The summed E-state index contributed by atoms with van der Waals surface area (Å²) in [7, 11) is 0. The number of rotatable bonds is 4. The van der Waals surface area contributed by atoms with Gasteiger partial charge in [0.1, 0.15) is 28.5 Å².